The van der Waals surface area contributed by atoms with Gasteiger partial charge in [0.2, 0.25) is 10.0 Å². The predicted molar refractivity (Wildman–Crippen MR) is 133 cm³/mol. The molecule has 3 aromatic rings. The topological polar surface area (TPSA) is 80.2 Å². The summed E-state index contributed by atoms with van der Waals surface area (Å²) < 4.78 is 36.8. The first kappa shape index (κ1) is 24.0. The van der Waals surface area contributed by atoms with Crippen LogP contribution in [0.15, 0.2) is 88.9 Å². The Morgan fingerprint density at radius 1 is 0.939 bits per heavy atom. The maximum absolute atomic E-state index is 12.5. The Labute approximate surface area is 195 Å². The standard InChI is InChI=1S/C25H27N3O4S/c1-28(2)33(29,30)22-13-14-24(31-3)23(18-22)27-25(32-4)26-16-15-19-9-8-12-21(17-19)20-10-6-5-7-11-20/h5-18H,1-4H3,(H,26,27)/b16-15+. The van der Waals surface area contributed by atoms with Crippen LogP contribution in [0.25, 0.3) is 17.2 Å². The number of nitrogens with zero attached hydrogens (tertiary/aromatic N) is 2. The molecule has 0 spiro atoms. The third kappa shape index (κ3) is 6.00. The molecule has 3 rings (SSSR count). The van der Waals surface area contributed by atoms with Crippen LogP contribution in [0.5, 0.6) is 5.75 Å². The van der Waals surface area contributed by atoms with Crippen LogP contribution >= 0.6 is 0 Å². The normalized spacial score (nSPS) is 12.2. The van der Waals surface area contributed by atoms with Crippen LogP contribution in [0.4, 0.5) is 5.69 Å². The molecule has 172 valence electrons. The van der Waals surface area contributed by atoms with Gasteiger partial charge >= 0.3 is 0 Å². The van der Waals surface area contributed by atoms with Crippen molar-refractivity contribution in [1.29, 1.82) is 0 Å². The highest BCUT2D eigenvalue weighted by Gasteiger charge is 2.19. The number of aliphatic imine (C=N–C) groups is 1. The molecule has 0 aromatic heterocycles. The zero-order chi connectivity index (χ0) is 23.8. The summed E-state index contributed by atoms with van der Waals surface area (Å²) in [4.78, 5) is 4.45. The lowest BCUT2D eigenvalue weighted by atomic mass is 10.0. The van der Waals surface area contributed by atoms with Gasteiger partial charge in [0.15, 0.2) is 0 Å². The Kier molecular flexibility index (Phi) is 7.87. The molecule has 0 saturated carbocycles. The molecule has 1 N–H and O–H groups in total. The summed E-state index contributed by atoms with van der Waals surface area (Å²) in [6.45, 7) is 0. The molecule has 0 fully saturated rings. The molecule has 0 heterocycles. The van der Waals surface area contributed by atoms with Gasteiger partial charge in [-0.25, -0.2) is 17.7 Å². The van der Waals surface area contributed by atoms with Crippen molar-refractivity contribution in [1.82, 2.24) is 4.31 Å². The second-order valence-corrected chi connectivity index (χ2v) is 9.37. The van der Waals surface area contributed by atoms with E-state index in [-0.39, 0.29) is 10.9 Å². The van der Waals surface area contributed by atoms with Crippen LogP contribution < -0.4 is 10.1 Å². The molecule has 33 heavy (non-hydrogen) atoms. The Morgan fingerprint density at radius 3 is 2.33 bits per heavy atom. The molecular formula is C25H27N3O4S. The summed E-state index contributed by atoms with van der Waals surface area (Å²) >= 11 is 0. The number of anilines is 1. The molecule has 0 aliphatic heterocycles. The van der Waals surface area contributed by atoms with Gasteiger partial charge < -0.3 is 14.8 Å². The summed E-state index contributed by atoms with van der Waals surface area (Å²) in [5.41, 5.74) is 3.64. The molecule has 0 bridgehead atoms. The number of amidine groups is 1. The molecule has 0 aliphatic rings. The Bertz CT molecular complexity index is 1250. The van der Waals surface area contributed by atoms with E-state index >= 15 is 0 Å². The van der Waals surface area contributed by atoms with Crippen molar-refractivity contribution in [3.05, 3.63) is 84.6 Å². The number of ether oxygens (including phenoxy) is 2. The van der Waals surface area contributed by atoms with Gasteiger partial charge in [0.25, 0.3) is 6.02 Å². The summed E-state index contributed by atoms with van der Waals surface area (Å²) in [5, 5.41) is 2.99. The molecule has 0 saturated heterocycles. The van der Waals surface area contributed by atoms with Gasteiger partial charge in [0, 0.05) is 20.3 Å². The minimum absolute atomic E-state index is 0.125. The van der Waals surface area contributed by atoms with E-state index in [9.17, 15) is 8.42 Å². The average molecular weight is 466 g/mol. The zero-order valence-corrected chi connectivity index (χ0v) is 19.8. The lowest BCUT2D eigenvalue weighted by Crippen LogP contribution is -2.22. The highest BCUT2D eigenvalue weighted by molar-refractivity contribution is 7.89. The van der Waals surface area contributed by atoms with Crippen LogP contribution in [-0.2, 0) is 14.8 Å². The Balaban J connectivity index is 1.83. The third-order valence-corrected chi connectivity index (χ3v) is 6.65. The highest BCUT2D eigenvalue weighted by atomic mass is 32.2. The molecule has 3 aromatic carbocycles. The van der Waals surface area contributed by atoms with E-state index in [2.05, 4.69) is 34.6 Å². The quantitative estimate of drug-likeness (QED) is 0.404. The number of nitrogens with one attached hydrogen (secondary N) is 1. The Morgan fingerprint density at radius 2 is 1.67 bits per heavy atom. The fourth-order valence-corrected chi connectivity index (χ4v) is 3.98. The van der Waals surface area contributed by atoms with Crippen molar-refractivity contribution in [2.75, 3.05) is 33.6 Å². The predicted octanol–water partition coefficient (Wildman–Crippen LogP) is 4.70. The first-order chi connectivity index (χ1) is 15.8. The zero-order valence-electron chi connectivity index (χ0n) is 19.0. The van der Waals surface area contributed by atoms with Crippen molar-refractivity contribution < 1.29 is 17.9 Å². The minimum Gasteiger partial charge on any atom is -0.495 e. The number of hydrogen-bond donors (Lipinski definition) is 1. The van der Waals surface area contributed by atoms with Gasteiger partial charge in [0.05, 0.1) is 24.8 Å². The monoisotopic (exact) mass is 465 g/mol. The fraction of sp³-hybridized carbons (Fsp3) is 0.160. The number of benzene rings is 3. The lowest BCUT2D eigenvalue weighted by Gasteiger charge is -2.15. The smallest absolute Gasteiger partial charge is 0.293 e. The maximum Gasteiger partial charge on any atom is 0.293 e. The van der Waals surface area contributed by atoms with Crippen LogP contribution in [0, 0.1) is 0 Å². The molecule has 0 aliphatic carbocycles. The molecule has 0 amide bonds. The SMILES string of the molecule is COC(=N/C=C/c1cccc(-c2ccccc2)c1)Nc1cc(S(=O)(=O)N(C)C)ccc1OC. The number of sulfonamides is 1. The van der Waals surface area contributed by atoms with E-state index in [0.29, 0.717) is 11.4 Å². The van der Waals surface area contributed by atoms with Crippen molar-refractivity contribution in [2.45, 2.75) is 4.90 Å². The summed E-state index contributed by atoms with van der Waals surface area (Å²) in [7, 11) is 2.33. The van der Waals surface area contributed by atoms with Gasteiger partial charge in [-0.1, -0.05) is 48.5 Å². The number of methoxy groups -OCH3 is 2. The van der Waals surface area contributed by atoms with E-state index in [1.165, 1.54) is 40.4 Å². The van der Waals surface area contributed by atoms with Gasteiger partial charge in [-0.15, -0.1) is 0 Å². The second kappa shape index (κ2) is 10.8. The van der Waals surface area contributed by atoms with Crippen molar-refractivity contribution in [3.63, 3.8) is 0 Å². The van der Waals surface area contributed by atoms with E-state index in [1.807, 2.05) is 36.4 Å². The lowest BCUT2D eigenvalue weighted by molar-refractivity contribution is 0.399. The van der Waals surface area contributed by atoms with E-state index < -0.39 is 10.0 Å². The molecule has 0 unspecified atom stereocenters. The first-order valence-corrected chi connectivity index (χ1v) is 11.6. The maximum atomic E-state index is 12.5. The van der Waals surface area contributed by atoms with E-state index in [1.54, 1.807) is 12.3 Å². The summed E-state index contributed by atoms with van der Waals surface area (Å²) in [5.74, 6) is 0.456. The minimum atomic E-state index is -3.60. The molecule has 7 nitrogen and oxygen atoms in total. The molecule has 0 radical (unpaired) electrons. The molecular weight excluding hydrogens is 438 g/mol. The summed E-state index contributed by atoms with van der Waals surface area (Å²) in [6.07, 6.45) is 3.47. The van der Waals surface area contributed by atoms with E-state index in [0.717, 1.165) is 21.0 Å². The van der Waals surface area contributed by atoms with Crippen LogP contribution in [0.2, 0.25) is 0 Å². The molecule has 0 atom stereocenters. The van der Waals surface area contributed by atoms with Crippen molar-refractivity contribution >= 4 is 27.8 Å². The largest absolute Gasteiger partial charge is 0.495 e. The highest BCUT2D eigenvalue weighted by Crippen LogP contribution is 2.28. The fourth-order valence-electron chi connectivity index (χ4n) is 3.05. The third-order valence-electron chi connectivity index (χ3n) is 4.84. The summed E-state index contributed by atoms with van der Waals surface area (Å²) in [6, 6.07) is 23.0. The van der Waals surface area contributed by atoms with Gasteiger partial charge in [-0.2, -0.15) is 0 Å². The van der Waals surface area contributed by atoms with Gasteiger partial charge in [0.1, 0.15) is 5.75 Å². The molecule has 8 heteroatoms. The average Bonchev–Trinajstić information content (AvgIpc) is 2.84. The van der Waals surface area contributed by atoms with Crippen LogP contribution in [0.1, 0.15) is 5.56 Å². The van der Waals surface area contributed by atoms with Crippen LogP contribution in [0.3, 0.4) is 0 Å². The first-order valence-electron chi connectivity index (χ1n) is 10.2. The van der Waals surface area contributed by atoms with Crippen molar-refractivity contribution in [3.8, 4) is 16.9 Å². The van der Waals surface area contributed by atoms with Crippen molar-refractivity contribution in [2.24, 2.45) is 4.99 Å². The number of hydrogen-bond acceptors (Lipinski definition) is 5. The van der Waals surface area contributed by atoms with Gasteiger partial charge in [-0.05, 0) is 47.0 Å². The van der Waals surface area contributed by atoms with Crippen LogP contribution in [-0.4, -0.2) is 47.1 Å². The number of rotatable bonds is 7. The van der Waals surface area contributed by atoms with Gasteiger partial charge in [-0.3, -0.25) is 0 Å². The second-order valence-electron chi connectivity index (χ2n) is 7.22. The van der Waals surface area contributed by atoms with E-state index in [4.69, 9.17) is 9.47 Å². The Hall–Kier alpha value is -3.62.